The van der Waals surface area contributed by atoms with Gasteiger partial charge < -0.3 is 0 Å². The molecule has 0 saturated carbocycles. The van der Waals surface area contributed by atoms with Crippen LogP contribution in [0, 0.1) is 13.8 Å². The van der Waals surface area contributed by atoms with Gasteiger partial charge in [-0.1, -0.05) is 135 Å². The van der Waals surface area contributed by atoms with Gasteiger partial charge in [0, 0.05) is 59.9 Å². The minimum absolute atomic E-state index is 0.00145. The molecule has 0 spiro atoms. The van der Waals surface area contributed by atoms with Gasteiger partial charge in [0.05, 0.1) is 0 Å². The van der Waals surface area contributed by atoms with Gasteiger partial charge in [-0.25, -0.2) is 0 Å². The molecule has 6 rings (SSSR count). The number of unbranched alkanes of at least 4 members (excludes halogenated alkanes) is 12. The highest BCUT2D eigenvalue weighted by Gasteiger charge is 2.97. The third-order valence-corrected chi connectivity index (χ3v) is 24.5. The van der Waals surface area contributed by atoms with Crippen LogP contribution < -0.4 is 0 Å². The van der Waals surface area contributed by atoms with Crippen molar-refractivity contribution < 1.29 is 149 Å². The first kappa shape index (κ1) is 91.2. The van der Waals surface area contributed by atoms with Crippen LogP contribution >= 0.6 is 56.7 Å². The average molecular weight is 1690 g/mol. The average Bonchev–Trinajstić information content (AvgIpc) is 1.07. The first-order chi connectivity index (χ1) is 48.7. The summed E-state index contributed by atoms with van der Waals surface area (Å²) in [4.78, 5) is -2.68. The summed E-state index contributed by atoms with van der Waals surface area (Å²) in [6.45, 7) is 9.17. The maximum atomic E-state index is 17.0. The fraction of sp³-hybridized carbons (Fsp3) is 0.618. The molecular weight excluding hydrogens is 1620 g/mol. The van der Waals surface area contributed by atoms with E-state index in [1.807, 2.05) is 13.8 Å². The van der Waals surface area contributed by atoms with Crippen LogP contribution in [-0.4, -0.2) is 83.4 Å². The lowest BCUT2D eigenvalue weighted by molar-refractivity contribution is -0.462. The van der Waals surface area contributed by atoms with Crippen molar-refractivity contribution in [2.24, 2.45) is 0 Å². The van der Waals surface area contributed by atoms with Crippen LogP contribution in [0.2, 0.25) is 0 Å². The lowest BCUT2D eigenvalue weighted by Crippen LogP contribution is -2.74. The van der Waals surface area contributed by atoms with Gasteiger partial charge in [0.15, 0.2) is 0 Å². The Morgan fingerprint density at radius 2 is 0.505 bits per heavy atom. The fourth-order valence-electron chi connectivity index (χ4n) is 11.6. The SMILES string of the molecule is CCCCCCc1c(-c2ccc(-c3sc(-c4cc(C(F)(F)C(F)(F)C(F)(F)C(F)(F)C(F)(F)C(F)(F)C(F)(F)C(F)(F)F)c(-c5ccc(C)cc5)s4)c(CCCCCC)c3CCCCCC)s2)sc(-c2cc(C(F)(F)C(F)(F)C(F)(F)C(F)(F)C(F)(F)C(F)(F)C(F)(F)C(F)(F)F)c(C)s2)c1CCCCCC. The number of hydrogen-bond acceptors (Lipinski definition) is 5. The Labute approximate surface area is 610 Å². The zero-order valence-electron chi connectivity index (χ0n) is 56.7. The van der Waals surface area contributed by atoms with Gasteiger partial charge in [0.25, 0.3) is 0 Å². The Balaban J connectivity index is 1.63. The first-order valence-corrected chi connectivity index (χ1v) is 36.9. The molecule has 0 radical (unpaired) electrons. The molecule has 0 fully saturated rings. The number of rotatable bonds is 39. The van der Waals surface area contributed by atoms with Crippen LogP contribution in [0.25, 0.3) is 49.5 Å². The molecule has 0 aliphatic heterocycles. The second-order valence-corrected chi connectivity index (χ2v) is 31.1. The van der Waals surface area contributed by atoms with Crippen molar-refractivity contribution in [2.45, 2.75) is 265 Å². The molecule has 0 atom stereocenters. The summed E-state index contributed by atoms with van der Waals surface area (Å²) in [5.74, 6) is -117. The molecule has 0 unspecified atom stereocenters. The lowest BCUT2D eigenvalue weighted by Gasteiger charge is -2.42. The minimum atomic E-state index is -8.90. The molecule has 1 aromatic carbocycles. The van der Waals surface area contributed by atoms with E-state index in [2.05, 4.69) is 0 Å². The van der Waals surface area contributed by atoms with Crippen LogP contribution in [0.5, 0.6) is 0 Å². The van der Waals surface area contributed by atoms with Crippen LogP contribution in [0.15, 0.2) is 48.5 Å². The van der Waals surface area contributed by atoms with Gasteiger partial charge in [-0.15, -0.1) is 56.7 Å². The summed E-state index contributed by atoms with van der Waals surface area (Å²) in [7, 11) is 0. The van der Waals surface area contributed by atoms with Crippen molar-refractivity contribution in [2.75, 3.05) is 0 Å². The Morgan fingerprint density at radius 3 is 0.804 bits per heavy atom. The van der Waals surface area contributed by atoms with Crippen molar-refractivity contribution >= 4 is 56.7 Å². The zero-order chi connectivity index (χ0) is 81.7. The van der Waals surface area contributed by atoms with Crippen molar-refractivity contribution in [1.82, 2.24) is 0 Å². The van der Waals surface area contributed by atoms with E-state index in [1.165, 1.54) is 19.1 Å². The quantitative estimate of drug-likeness (QED) is 0.0267. The second-order valence-electron chi connectivity index (χ2n) is 25.7. The van der Waals surface area contributed by atoms with E-state index in [9.17, 15) is 87.8 Å². The number of halogens is 34. The summed E-state index contributed by atoms with van der Waals surface area (Å²) in [5, 5.41) is 0. The third kappa shape index (κ3) is 15.7. The van der Waals surface area contributed by atoms with Crippen molar-refractivity contribution in [3.63, 3.8) is 0 Å². The van der Waals surface area contributed by atoms with E-state index >= 15 is 61.5 Å². The molecule has 0 nitrogen and oxygen atoms in total. The molecule has 0 bridgehead atoms. The highest BCUT2D eigenvalue weighted by molar-refractivity contribution is 7.30. The number of aryl methyl sites for hydroxylation is 2. The molecule has 606 valence electrons. The van der Waals surface area contributed by atoms with E-state index < -0.39 is 131 Å². The zero-order valence-corrected chi connectivity index (χ0v) is 60.7. The molecular formula is C68H66F34S5. The first-order valence-electron chi connectivity index (χ1n) is 32.8. The smallest absolute Gasteiger partial charge is 0.194 e. The lowest BCUT2D eigenvalue weighted by atomic mass is 9.86. The number of thiophene rings is 5. The topological polar surface area (TPSA) is 0 Å². The standard InChI is InChI=1S/C68H66F34S5/c1-7-11-15-19-23-38-40(25-21-17-13-9-3)51(46-33-42(36(6)103-46)53(69,70)55(73,74)57(77,78)59(81,82)61(85,86)63(89,90)65(93,94)67(97,98)99)106-49(38)44-31-32-45(104-44)50-39(24-20-16-12-8-2)41(26-22-18-14-10-4)52(107-50)47-34-43(48(105-47)37-29-27-35(5)28-30-37)54(71,72)56(75,76)58(79,80)60(83,84)62(87,88)64(91,92)66(95,96)68(100,101)102/h27-34H,7-26H2,1-6H3. The molecule has 0 aliphatic carbocycles. The largest absolute Gasteiger partial charge is 0.460 e. The predicted octanol–water partition coefficient (Wildman–Crippen LogP) is 30.4. The Hall–Kier alpha value is -4.66. The molecule has 0 amide bonds. The molecule has 0 saturated heterocycles. The van der Waals surface area contributed by atoms with E-state index in [0.29, 0.717) is 114 Å². The van der Waals surface area contributed by atoms with Gasteiger partial charge in [0.2, 0.25) is 0 Å². The van der Waals surface area contributed by atoms with E-state index in [0.717, 1.165) is 58.3 Å². The monoisotopic (exact) mass is 1690 g/mol. The summed E-state index contributed by atoms with van der Waals surface area (Å²) in [6, 6.07) is 7.17. The summed E-state index contributed by atoms with van der Waals surface area (Å²) >= 11 is 2.60. The number of benzene rings is 1. The van der Waals surface area contributed by atoms with Crippen LogP contribution in [-0.2, 0) is 37.5 Å². The third-order valence-electron chi connectivity index (χ3n) is 17.9. The van der Waals surface area contributed by atoms with Crippen molar-refractivity contribution in [1.29, 1.82) is 0 Å². The van der Waals surface area contributed by atoms with Crippen LogP contribution in [0.3, 0.4) is 0 Å². The van der Waals surface area contributed by atoms with E-state index in [4.69, 9.17) is 0 Å². The molecule has 39 heteroatoms. The van der Waals surface area contributed by atoms with Crippen LogP contribution in [0.4, 0.5) is 149 Å². The summed E-state index contributed by atoms with van der Waals surface area (Å²) in [5.41, 5.74) is -3.68. The fourth-order valence-corrected chi connectivity index (χ4v) is 18.2. The Bertz CT molecular complexity index is 3940. The van der Waals surface area contributed by atoms with Gasteiger partial charge in [-0.3, -0.25) is 0 Å². The van der Waals surface area contributed by atoms with Crippen molar-refractivity contribution in [3.8, 4) is 49.5 Å². The second kappa shape index (κ2) is 32.1. The number of alkyl halides is 34. The Kier molecular flexibility index (Phi) is 27.3. The minimum Gasteiger partial charge on any atom is -0.194 e. The van der Waals surface area contributed by atoms with E-state index in [-0.39, 0.29) is 114 Å². The highest BCUT2D eigenvalue weighted by Crippen LogP contribution is 2.69. The normalized spacial score (nSPS) is 14.5. The van der Waals surface area contributed by atoms with Gasteiger partial charge in [-0.05, 0) is 117 Å². The van der Waals surface area contributed by atoms with Gasteiger partial charge >= 0.3 is 95.3 Å². The van der Waals surface area contributed by atoms with Gasteiger partial charge in [0.1, 0.15) is 0 Å². The number of hydrogen-bond donors (Lipinski definition) is 0. The molecule has 0 aliphatic rings. The molecule has 6 aromatic rings. The maximum absolute atomic E-state index is 17.0. The summed E-state index contributed by atoms with van der Waals surface area (Å²) in [6.07, 6.45) is -7.85. The van der Waals surface area contributed by atoms with Gasteiger partial charge in [-0.2, -0.15) is 149 Å². The maximum Gasteiger partial charge on any atom is 0.460 e. The molecule has 107 heavy (non-hydrogen) atoms. The Morgan fingerprint density at radius 1 is 0.243 bits per heavy atom. The van der Waals surface area contributed by atoms with Crippen LogP contribution in [0.1, 0.15) is 174 Å². The van der Waals surface area contributed by atoms with Crippen molar-refractivity contribution in [3.05, 3.63) is 92.4 Å². The summed E-state index contributed by atoms with van der Waals surface area (Å²) < 4.78 is 501. The highest BCUT2D eigenvalue weighted by atomic mass is 32.1. The molecule has 0 N–H and O–H groups in total. The predicted molar refractivity (Wildman–Crippen MR) is 343 cm³/mol. The van der Waals surface area contributed by atoms with E-state index in [1.54, 1.807) is 13.8 Å². The molecule has 5 heterocycles. The molecule has 5 aromatic heterocycles.